The van der Waals surface area contributed by atoms with Gasteiger partial charge in [-0.25, -0.2) is 4.79 Å². The van der Waals surface area contributed by atoms with Crippen LogP contribution in [0.2, 0.25) is 20.1 Å². The third kappa shape index (κ3) is 6.19. The highest BCUT2D eigenvalue weighted by Gasteiger charge is 2.20. The lowest BCUT2D eigenvalue weighted by Gasteiger charge is -2.16. The van der Waals surface area contributed by atoms with E-state index in [4.69, 9.17) is 60.6 Å². The van der Waals surface area contributed by atoms with E-state index >= 15 is 0 Å². The first-order valence-corrected chi connectivity index (χ1v) is 12.3. The molecule has 0 aromatic heterocycles. The zero-order valence-electron chi connectivity index (χ0n) is 19.9. The molecule has 6 nitrogen and oxygen atoms in total. The zero-order chi connectivity index (χ0) is 26.6. The number of ether oxygens (including phenoxy) is 3. The summed E-state index contributed by atoms with van der Waals surface area (Å²) in [7, 11) is 2.85. The molecule has 0 radical (unpaired) electrons. The minimum atomic E-state index is -0.714. The summed E-state index contributed by atoms with van der Waals surface area (Å²) in [5.74, 6) is -0.367. The van der Waals surface area contributed by atoms with Gasteiger partial charge in [0.2, 0.25) is 0 Å². The van der Waals surface area contributed by atoms with Crippen molar-refractivity contribution in [2.75, 3.05) is 19.5 Å². The predicted molar refractivity (Wildman–Crippen MR) is 144 cm³/mol. The van der Waals surface area contributed by atoms with Gasteiger partial charge in [0.15, 0.2) is 17.2 Å². The molecule has 0 spiro atoms. The molecule has 1 amide bonds. The standard InChI is InChI=1S/C26H23Cl4NO5/c1-5-13(2)14-6-7-21(31-25(32)15-8-17(27)23(34-3)18(28)9-15)22(12-14)36-26(33)16-10-19(29)24(35-4)20(30)11-16/h6-13H,5H2,1-4H3,(H,31,32). The second kappa shape index (κ2) is 12.1. The molecule has 190 valence electrons. The van der Waals surface area contributed by atoms with Gasteiger partial charge in [0.05, 0.1) is 45.6 Å². The summed E-state index contributed by atoms with van der Waals surface area (Å²) in [5.41, 5.74) is 1.52. The van der Waals surface area contributed by atoms with E-state index in [0.29, 0.717) is 0 Å². The Morgan fingerprint density at radius 3 is 1.81 bits per heavy atom. The lowest BCUT2D eigenvalue weighted by atomic mass is 9.98. The summed E-state index contributed by atoms with van der Waals surface area (Å²) in [4.78, 5) is 26.0. The number of anilines is 1. The summed E-state index contributed by atoms with van der Waals surface area (Å²) in [6.07, 6.45) is 0.867. The van der Waals surface area contributed by atoms with Crippen LogP contribution in [0.4, 0.5) is 5.69 Å². The lowest BCUT2D eigenvalue weighted by Crippen LogP contribution is -2.15. The molecule has 3 aromatic rings. The van der Waals surface area contributed by atoms with Gasteiger partial charge in [0, 0.05) is 5.56 Å². The van der Waals surface area contributed by atoms with Gasteiger partial charge in [0.1, 0.15) is 0 Å². The smallest absolute Gasteiger partial charge is 0.343 e. The highest BCUT2D eigenvalue weighted by molar-refractivity contribution is 6.38. The van der Waals surface area contributed by atoms with E-state index in [0.717, 1.165) is 12.0 Å². The van der Waals surface area contributed by atoms with Crippen LogP contribution in [-0.2, 0) is 0 Å². The molecule has 36 heavy (non-hydrogen) atoms. The first-order valence-electron chi connectivity index (χ1n) is 10.8. The number of carbonyl (C=O) groups is 2. The molecule has 0 saturated heterocycles. The van der Waals surface area contributed by atoms with Gasteiger partial charge in [0.25, 0.3) is 5.91 Å². The Bertz CT molecular complexity index is 1270. The largest absolute Gasteiger partial charge is 0.494 e. The fourth-order valence-electron chi connectivity index (χ4n) is 3.38. The highest BCUT2D eigenvalue weighted by atomic mass is 35.5. The van der Waals surface area contributed by atoms with Crippen molar-refractivity contribution in [2.24, 2.45) is 0 Å². The van der Waals surface area contributed by atoms with Crippen molar-refractivity contribution < 1.29 is 23.8 Å². The Labute approximate surface area is 229 Å². The normalized spacial score (nSPS) is 11.6. The van der Waals surface area contributed by atoms with Crippen LogP contribution < -0.4 is 19.5 Å². The Hall–Kier alpha value is -2.64. The third-order valence-electron chi connectivity index (χ3n) is 5.54. The number of carbonyl (C=O) groups excluding carboxylic acids is 2. The second-order valence-corrected chi connectivity index (χ2v) is 9.48. The molecule has 0 aliphatic rings. The van der Waals surface area contributed by atoms with Crippen LogP contribution in [0.5, 0.6) is 17.2 Å². The molecular formula is C26H23Cl4NO5. The molecule has 1 unspecified atom stereocenters. The van der Waals surface area contributed by atoms with Crippen LogP contribution in [0.3, 0.4) is 0 Å². The maximum absolute atomic E-state index is 13.0. The minimum Gasteiger partial charge on any atom is -0.494 e. The van der Waals surface area contributed by atoms with Gasteiger partial charge in [-0.3, -0.25) is 4.79 Å². The molecule has 0 bridgehead atoms. The average Bonchev–Trinajstić information content (AvgIpc) is 2.84. The topological polar surface area (TPSA) is 73.9 Å². The molecule has 0 aliphatic heterocycles. The van der Waals surface area contributed by atoms with Crippen molar-refractivity contribution in [3.8, 4) is 17.2 Å². The van der Waals surface area contributed by atoms with E-state index < -0.39 is 11.9 Å². The number of rotatable bonds is 8. The summed E-state index contributed by atoms with van der Waals surface area (Å²) >= 11 is 24.7. The number of methoxy groups -OCH3 is 2. The number of esters is 1. The number of hydrogen-bond donors (Lipinski definition) is 1. The first-order chi connectivity index (χ1) is 17.1. The Kier molecular flexibility index (Phi) is 9.36. The van der Waals surface area contributed by atoms with Crippen LogP contribution in [0.15, 0.2) is 42.5 Å². The highest BCUT2D eigenvalue weighted by Crippen LogP contribution is 2.37. The molecule has 1 N–H and O–H groups in total. The van der Waals surface area contributed by atoms with Crippen molar-refractivity contribution >= 4 is 64.0 Å². The van der Waals surface area contributed by atoms with Crippen molar-refractivity contribution in [1.82, 2.24) is 0 Å². The van der Waals surface area contributed by atoms with Crippen LogP contribution in [0.1, 0.15) is 52.5 Å². The van der Waals surface area contributed by atoms with E-state index in [1.54, 1.807) is 12.1 Å². The molecule has 0 heterocycles. The van der Waals surface area contributed by atoms with Gasteiger partial charge >= 0.3 is 5.97 Å². The Morgan fingerprint density at radius 2 is 1.33 bits per heavy atom. The summed E-state index contributed by atoms with van der Waals surface area (Å²) in [5, 5.41) is 3.44. The minimum absolute atomic E-state index is 0.116. The Balaban J connectivity index is 1.96. The maximum atomic E-state index is 13.0. The number of benzene rings is 3. The van der Waals surface area contributed by atoms with Gasteiger partial charge in [-0.1, -0.05) is 66.3 Å². The molecule has 0 saturated carbocycles. The predicted octanol–water partition coefficient (Wildman–Crippen LogP) is 8.30. The number of nitrogens with one attached hydrogen (secondary N) is 1. The number of halogens is 4. The lowest BCUT2D eigenvalue weighted by molar-refractivity contribution is 0.0734. The Morgan fingerprint density at radius 1 is 0.833 bits per heavy atom. The molecule has 10 heteroatoms. The van der Waals surface area contributed by atoms with Crippen molar-refractivity contribution in [2.45, 2.75) is 26.2 Å². The molecule has 3 rings (SSSR count). The van der Waals surface area contributed by atoms with Crippen LogP contribution >= 0.6 is 46.4 Å². The molecule has 1 atom stereocenters. The van der Waals surface area contributed by atoms with E-state index in [1.807, 2.05) is 19.9 Å². The summed E-state index contributed by atoms with van der Waals surface area (Å²) < 4.78 is 15.9. The SMILES string of the molecule is CCC(C)c1ccc(NC(=O)c2cc(Cl)c(OC)c(Cl)c2)c(OC(=O)c2cc(Cl)c(OC)c(Cl)c2)c1. The average molecular weight is 571 g/mol. The van der Waals surface area contributed by atoms with E-state index in [1.165, 1.54) is 38.5 Å². The summed E-state index contributed by atoms with van der Waals surface area (Å²) in [6, 6.07) is 10.9. The van der Waals surface area contributed by atoms with Crippen LogP contribution in [0, 0.1) is 0 Å². The van der Waals surface area contributed by atoms with Gasteiger partial charge < -0.3 is 19.5 Å². The van der Waals surface area contributed by atoms with Crippen molar-refractivity contribution in [1.29, 1.82) is 0 Å². The van der Waals surface area contributed by atoms with E-state index in [-0.39, 0.29) is 60.1 Å². The molecule has 0 aliphatic carbocycles. The maximum Gasteiger partial charge on any atom is 0.343 e. The first kappa shape index (κ1) is 27.9. The second-order valence-electron chi connectivity index (χ2n) is 7.85. The quantitative estimate of drug-likeness (QED) is 0.218. The number of hydrogen-bond acceptors (Lipinski definition) is 5. The summed E-state index contributed by atoms with van der Waals surface area (Å²) in [6.45, 7) is 4.09. The molecular weight excluding hydrogens is 548 g/mol. The van der Waals surface area contributed by atoms with Crippen molar-refractivity contribution in [3.63, 3.8) is 0 Å². The fraction of sp³-hybridized carbons (Fsp3) is 0.231. The van der Waals surface area contributed by atoms with Gasteiger partial charge in [-0.05, 0) is 54.3 Å². The molecule has 3 aromatic carbocycles. The fourth-order valence-corrected chi connectivity index (χ4v) is 4.66. The zero-order valence-corrected chi connectivity index (χ0v) is 22.9. The number of amides is 1. The van der Waals surface area contributed by atoms with Crippen molar-refractivity contribution in [3.05, 3.63) is 79.2 Å². The van der Waals surface area contributed by atoms with E-state index in [9.17, 15) is 9.59 Å². The van der Waals surface area contributed by atoms with Gasteiger partial charge in [-0.2, -0.15) is 0 Å². The van der Waals surface area contributed by atoms with Crippen LogP contribution in [0.25, 0.3) is 0 Å². The van der Waals surface area contributed by atoms with Gasteiger partial charge in [-0.15, -0.1) is 0 Å². The van der Waals surface area contributed by atoms with E-state index in [2.05, 4.69) is 5.32 Å². The third-order valence-corrected chi connectivity index (χ3v) is 6.66. The molecule has 0 fully saturated rings. The monoisotopic (exact) mass is 569 g/mol. The van der Waals surface area contributed by atoms with Crippen LogP contribution in [-0.4, -0.2) is 26.1 Å².